The average Bonchev–Trinajstić information content (AvgIpc) is 2.76. The SMILES string of the molecule is CC(CN)CCOc1ccc2c(c1)OCO2. The van der Waals surface area contributed by atoms with Crippen molar-refractivity contribution in [3.05, 3.63) is 18.2 Å². The summed E-state index contributed by atoms with van der Waals surface area (Å²) in [7, 11) is 0. The molecule has 1 unspecified atom stereocenters. The van der Waals surface area contributed by atoms with Crippen LogP contribution in [0.25, 0.3) is 0 Å². The van der Waals surface area contributed by atoms with Crippen LogP contribution in [-0.4, -0.2) is 19.9 Å². The molecule has 2 N–H and O–H groups in total. The van der Waals surface area contributed by atoms with Gasteiger partial charge in [-0.1, -0.05) is 6.92 Å². The fourth-order valence-electron chi connectivity index (χ4n) is 1.46. The maximum Gasteiger partial charge on any atom is 0.231 e. The highest BCUT2D eigenvalue weighted by atomic mass is 16.7. The zero-order valence-electron chi connectivity index (χ0n) is 9.44. The predicted octanol–water partition coefficient (Wildman–Crippen LogP) is 1.78. The predicted molar refractivity (Wildman–Crippen MR) is 60.9 cm³/mol. The molecule has 4 heteroatoms. The fraction of sp³-hybridized carbons (Fsp3) is 0.500. The van der Waals surface area contributed by atoms with Crippen molar-refractivity contribution in [3.63, 3.8) is 0 Å². The van der Waals surface area contributed by atoms with Crippen LogP contribution >= 0.6 is 0 Å². The Hall–Kier alpha value is -1.42. The number of hydrogen-bond donors (Lipinski definition) is 1. The standard InChI is InChI=1S/C12H17NO3/c1-9(7-13)4-5-14-10-2-3-11-12(6-10)16-8-15-11/h2-3,6,9H,4-5,7-8,13H2,1H3. The van der Waals surface area contributed by atoms with Crippen molar-refractivity contribution in [2.75, 3.05) is 19.9 Å². The zero-order valence-corrected chi connectivity index (χ0v) is 9.44. The van der Waals surface area contributed by atoms with Gasteiger partial charge in [-0.2, -0.15) is 0 Å². The van der Waals surface area contributed by atoms with Crippen LogP contribution in [0.3, 0.4) is 0 Å². The summed E-state index contributed by atoms with van der Waals surface area (Å²) in [6.07, 6.45) is 0.963. The molecule has 1 aliphatic heterocycles. The van der Waals surface area contributed by atoms with Crippen LogP contribution in [0.2, 0.25) is 0 Å². The summed E-state index contributed by atoms with van der Waals surface area (Å²) in [6, 6.07) is 5.61. The van der Waals surface area contributed by atoms with Crippen molar-refractivity contribution in [2.45, 2.75) is 13.3 Å². The lowest BCUT2D eigenvalue weighted by atomic mass is 10.1. The van der Waals surface area contributed by atoms with E-state index in [1.54, 1.807) is 0 Å². The van der Waals surface area contributed by atoms with Gasteiger partial charge >= 0.3 is 0 Å². The molecule has 1 aromatic rings. The zero-order chi connectivity index (χ0) is 11.4. The van der Waals surface area contributed by atoms with E-state index < -0.39 is 0 Å². The molecule has 0 aromatic heterocycles. The molecule has 0 saturated carbocycles. The Morgan fingerprint density at radius 3 is 3.00 bits per heavy atom. The van der Waals surface area contributed by atoms with Crippen molar-refractivity contribution in [3.8, 4) is 17.2 Å². The van der Waals surface area contributed by atoms with Crippen LogP contribution in [-0.2, 0) is 0 Å². The van der Waals surface area contributed by atoms with Crippen LogP contribution in [0.15, 0.2) is 18.2 Å². The maximum absolute atomic E-state index is 5.61. The minimum absolute atomic E-state index is 0.295. The molecule has 0 amide bonds. The smallest absolute Gasteiger partial charge is 0.231 e. The normalized spacial score (nSPS) is 14.9. The van der Waals surface area contributed by atoms with E-state index in [1.807, 2.05) is 18.2 Å². The van der Waals surface area contributed by atoms with Crippen LogP contribution < -0.4 is 19.9 Å². The Morgan fingerprint density at radius 2 is 2.19 bits per heavy atom. The fourth-order valence-corrected chi connectivity index (χ4v) is 1.46. The third kappa shape index (κ3) is 2.58. The van der Waals surface area contributed by atoms with Crippen LogP contribution in [0, 0.1) is 5.92 Å². The van der Waals surface area contributed by atoms with Gasteiger partial charge < -0.3 is 19.9 Å². The second-order valence-electron chi connectivity index (χ2n) is 3.99. The van der Waals surface area contributed by atoms with Crippen molar-refractivity contribution < 1.29 is 14.2 Å². The second kappa shape index (κ2) is 5.07. The van der Waals surface area contributed by atoms with Crippen molar-refractivity contribution in [2.24, 2.45) is 11.7 Å². The van der Waals surface area contributed by atoms with Gasteiger partial charge in [0, 0.05) is 6.07 Å². The van der Waals surface area contributed by atoms with E-state index in [-0.39, 0.29) is 0 Å². The highest BCUT2D eigenvalue weighted by Crippen LogP contribution is 2.35. The third-order valence-electron chi connectivity index (χ3n) is 2.63. The highest BCUT2D eigenvalue weighted by molar-refractivity contribution is 5.46. The molecule has 0 radical (unpaired) electrons. The summed E-state index contributed by atoms with van der Waals surface area (Å²) in [5.41, 5.74) is 5.53. The molecule has 0 saturated heterocycles. The summed E-state index contributed by atoms with van der Waals surface area (Å²) >= 11 is 0. The number of nitrogens with two attached hydrogens (primary N) is 1. The third-order valence-corrected chi connectivity index (χ3v) is 2.63. The number of fused-ring (bicyclic) bond motifs is 1. The van der Waals surface area contributed by atoms with E-state index in [9.17, 15) is 0 Å². The number of rotatable bonds is 5. The van der Waals surface area contributed by atoms with Crippen molar-refractivity contribution in [1.29, 1.82) is 0 Å². The van der Waals surface area contributed by atoms with Crippen LogP contribution in [0.4, 0.5) is 0 Å². The van der Waals surface area contributed by atoms with Gasteiger partial charge in [0.25, 0.3) is 0 Å². The number of benzene rings is 1. The largest absolute Gasteiger partial charge is 0.493 e. The van der Waals surface area contributed by atoms with Gasteiger partial charge in [-0.05, 0) is 31.0 Å². The van der Waals surface area contributed by atoms with E-state index in [4.69, 9.17) is 19.9 Å². The molecule has 1 aromatic carbocycles. The Balaban J connectivity index is 1.86. The van der Waals surface area contributed by atoms with E-state index in [0.29, 0.717) is 25.9 Å². The molecule has 1 aliphatic rings. The van der Waals surface area contributed by atoms with Gasteiger partial charge in [0.1, 0.15) is 5.75 Å². The van der Waals surface area contributed by atoms with E-state index in [2.05, 4.69) is 6.92 Å². The quantitative estimate of drug-likeness (QED) is 0.826. The molecule has 0 aliphatic carbocycles. The molecule has 0 spiro atoms. The molecule has 0 fully saturated rings. The first kappa shape index (κ1) is 11.1. The molecule has 1 heterocycles. The van der Waals surface area contributed by atoms with Crippen molar-refractivity contribution >= 4 is 0 Å². The summed E-state index contributed by atoms with van der Waals surface area (Å²) < 4.78 is 16.1. The van der Waals surface area contributed by atoms with Crippen LogP contribution in [0.1, 0.15) is 13.3 Å². The average molecular weight is 223 g/mol. The Kier molecular flexibility index (Phi) is 3.51. The number of ether oxygens (including phenoxy) is 3. The lowest BCUT2D eigenvalue weighted by molar-refractivity contribution is 0.173. The monoisotopic (exact) mass is 223 g/mol. The van der Waals surface area contributed by atoms with Gasteiger partial charge in [-0.3, -0.25) is 0 Å². The Morgan fingerprint density at radius 1 is 1.38 bits per heavy atom. The van der Waals surface area contributed by atoms with Crippen molar-refractivity contribution in [1.82, 2.24) is 0 Å². The maximum atomic E-state index is 5.61. The van der Waals surface area contributed by atoms with E-state index >= 15 is 0 Å². The summed E-state index contributed by atoms with van der Waals surface area (Å²) in [4.78, 5) is 0. The first-order valence-corrected chi connectivity index (χ1v) is 5.52. The lowest BCUT2D eigenvalue weighted by Crippen LogP contribution is -2.13. The summed E-state index contributed by atoms with van der Waals surface area (Å²) in [5.74, 6) is 2.84. The Bertz CT molecular complexity index is 354. The topological polar surface area (TPSA) is 53.7 Å². The molecular formula is C12H17NO3. The van der Waals surface area contributed by atoms with E-state index in [1.165, 1.54) is 0 Å². The summed E-state index contributed by atoms with van der Waals surface area (Å²) in [5, 5.41) is 0. The first-order valence-electron chi connectivity index (χ1n) is 5.52. The summed E-state index contributed by atoms with van der Waals surface area (Å²) in [6.45, 7) is 3.79. The second-order valence-corrected chi connectivity index (χ2v) is 3.99. The Labute approximate surface area is 95.3 Å². The minimum atomic E-state index is 0.295. The van der Waals surface area contributed by atoms with Gasteiger partial charge in [0.2, 0.25) is 6.79 Å². The molecule has 4 nitrogen and oxygen atoms in total. The highest BCUT2D eigenvalue weighted by Gasteiger charge is 2.13. The molecule has 1 atom stereocenters. The molecule has 0 bridgehead atoms. The van der Waals surface area contributed by atoms with E-state index in [0.717, 1.165) is 23.7 Å². The van der Waals surface area contributed by atoms with Crippen LogP contribution in [0.5, 0.6) is 17.2 Å². The molecule has 88 valence electrons. The minimum Gasteiger partial charge on any atom is -0.493 e. The van der Waals surface area contributed by atoms with Gasteiger partial charge in [0.05, 0.1) is 6.61 Å². The van der Waals surface area contributed by atoms with Gasteiger partial charge in [0.15, 0.2) is 11.5 Å². The molecular weight excluding hydrogens is 206 g/mol. The van der Waals surface area contributed by atoms with Gasteiger partial charge in [-0.15, -0.1) is 0 Å². The lowest BCUT2D eigenvalue weighted by Gasteiger charge is -2.10. The molecule has 2 rings (SSSR count). The van der Waals surface area contributed by atoms with Gasteiger partial charge in [-0.25, -0.2) is 0 Å². The first-order chi connectivity index (χ1) is 7.79. The number of hydrogen-bond acceptors (Lipinski definition) is 4. The molecule has 16 heavy (non-hydrogen) atoms.